The normalized spacial score (nSPS) is 13.9. The van der Waals surface area contributed by atoms with E-state index in [1.807, 2.05) is 6.08 Å². The number of nitrogens with one attached hydrogen (secondary N) is 1. The molecule has 0 heterocycles. The van der Waals surface area contributed by atoms with Crippen molar-refractivity contribution in [3.63, 3.8) is 0 Å². The molecule has 0 aromatic heterocycles. The lowest BCUT2D eigenvalue weighted by Crippen LogP contribution is -2.46. The van der Waals surface area contributed by atoms with Gasteiger partial charge in [-0.2, -0.15) is 8.42 Å². The molecule has 0 aliphatic heterocycles. The molecule has 3 N–H and O–H groups in total. The second-order valence-corrected chi connectivity index (χ2v) is 17.1. The van der Waals surface area contributed by atoms with E-state index in [4.69, 9.17) is 0 Å². The molecule has 7 heteroatoms. The van der Waals surface area contributed by atoms with Gasteiger partial charge in [0.2, 0.25) is 5.91 Å². The minimum absolute atomic E-state index is 0.275. The van der Waals surface area contributed by atoms with Crippen LogP contribution in [-0.4, -0.2) is 41.9 Å². The van der Waals surface area contributed by atoms with Gasteiger partial charge in [-0.1, -0.05) is 209 Å². The number of allylic oxidation sites excluding steroid dienone is 11. The van der Waals surface area contributed by atoms with E-state index in [9.17, 15) is 22.9 Å². The molecule has 6 nitrogen and oxygen atoms in total. The Morgan fingerprint density at radius 2 is 0.875 bits per heavy atom. The first-order valence-electron chi connectivity index (χ1n) is 23.1. The van der Waals surface area contributed by atoms with Crippen molar-refractivity contribution >= 4 is 16.0 Å². The molecule has 0 saturated heterocycles. The minimum Gasteiger partial charge on any atom is -0.387 e. The number of hydrogen-bond acceptors (Lipinski definition) is 4. The van der Waals surface area contributed by atoms with Crippen molar-refractivity contribution in [1.82, 2.24) is 5.32 Å². The quantitative estimate of drug-likeness (QED) is 0.0324. The van der Waals surface area contributed by atoms with Gasteiger partial charge in [0.15, 0.2) is 0 Å². The van der Waals surface area contributed by atoms with Crippen molar-refractivity contribution in [2.24, 2.45) is 0 Å². The summed E-state index contributed by atoms with van der Waals surface area (Å²) >= 11 is 0. The Balaban J connectivity index is 3.93. The van der Waals surface area contributed by atoms with Crippen molar-refractivity contribution in [3.05, 3.63) is 72.9 Å². The van der Waals surface area contributed by atoms with Gasteiger partial charge in [-0.25, -0.2) is 0 Å². The summed E-state index contributed by atoms with van der Waals surface area (Å²) in [6, 6.07) is -1.08. The van der Waals surface area contributed by atoms with Crippen molar-refractivity contribution in [2.75, 3.05) is 5.75 Å². The van der Waals surface area contributed by atoms with E-state index in [-0.39, 0.29) is 12.3 Å². The fourth-order valence-electron chi connectivity index (χ4n) is 6.69. The van der Waals surface area contributed by atoms with Gasteiger partial charge >= 0.3 is 0 Å². The Kier molecular flexibility index (Phi) is 40.7. The van der Waals surface area contributed by atoms with Crippen LogP contribution in [0.3, 0.4) is 0 Å². The number of aliphatic hydroxyl groups is 1. The summed E-state index contributed by atoms with van der Waals surface area (Å²) in [5.74, 6) is -1.01. The summed E-state index contributed by atoms with van der Waals surface area (Å²) in [6.07, 6.45) is 60.4. The Morgan fingerprint density at radius 3 is 1.34 bits per heavy atom. The SMILES string of the molecule is CC/C=C\C/C=C\C/C=C\C/C=C\CCCCCCCCCCC(=O)NC(CS(=O)(=O)O)C(O)/C=C/CC/C=C/CCCCCCCCCCCCCCCC. The van der Waals surface area contributed by atoms with Crippen LogP contribution in [0.15, 0.2) is 72.9 Å². The summed E-state index contributed by atoms with van der Waals surface area (Å²) < 4.78 is 32.6. The average molecular weight is 802 g/mol. The molecule has 2 atom stereocenters. The largest absolute Gasteiger partial charge is 0.387 e. The van der Waals surface area contributed by atoms with Crippen LogP contribution in [0.5, 0.6) is 0 Å². The van der Waals surface area contributed by atoms with Crippen molar-refractivity contribution in [3.8, 4) is 0 Å². The highest BCUT2D eigenvalue weighted by molar-refractivity contribution is 7.85. The van der Waals surface area contributed by atoms with Gasteiger partial charge in [0.25, 0.3) is 10.1 Å². The standard InChI is InChI=1S/C49H87NO5S/c1-3-5-7-9-11-13-15-17-19-21-23-25-27-29-31-33-35-37-39-41-43-45-49(52)50-47(46-56(53,54)55)48(51)44-42-40-38-36-34-32-30-28-26-24-22-20-18-16-14-12-10-8-6-4-2/h5,7,11,13,17,19,23,25,34,36,42,44,47-48,51H,3-4,6,8-10,12,14-16,18,20-22,24,26-33,35,37-41,43,45-46H2,1-2H3,(H,50,52)(H,53,54,55)/b7-5-,13-11-,19-17-,25-23-,36-34+,44-42+. The fraction of sp³-hybridized carbons (Fsp3) is 0.735. The molecular weight excluding hydrogens is 715 g/mol. The maximum absolute atomic E-state index is 12.6. The molecule has 0 spiro atoms. The molecular formula is C49H87NO5S. The number of unbranched alkanes of at least 4 members (excludes halogenated alkanes) is 23. The lowest BCUT2D eigenvalue weighted by atomic mass is 10.0. The van der Waals surface area contributed by atoms with E-state index in [0.717, 1.165) is 64.2 Å². The number of rotatable bonds is 41. The summed E-state index contributed by atoms with van der Waals surface area (Å²) in [5.41, 5.74) is 0. The van der Waals surface area contributed by atoms with Gasteiger partial charge in [-0.3, -0.25) is 9.35 Å². The molecule has 0 saturated carbocycles. The zero-order valence-electron chi connectivity index (χ0n) is 36.2. The molecule has 0 aliphatic carbocycles. The zero-order chi connectivity index (χ0) is 41.1. The maximum atomic E-state index is 12.6. The molecule has 0 aromatic carbocycles. The molecule has 0 fully saturated rings. The summed E-state index contributed by atoms with van der Waals surface area (Å²) in [4.78, 5) is 12.6. The van der Waals surface area contributed by atoms with Crippen LogP contribution < -0.4 is 5.32 Å². The van der Waals surface area contributed by atoms with Crippen molar-refractivity contribution in [1.29, 1.82) is 0 Å². The lowest BCUT2D eigenvalue weighted by Gasteiger charge is -2.21. The van der Waals surface area contributed by atoms with E-state index < -0.39 is 28.0 Å². The van der Waals surface area contributed by atoms with Crippen LogP contribution in [0.25, 0.3) is 0 Å². The first kappa shape index (κ1) is 53.8. The zero-order valence-corrected chi connectivity index (χ0v) is 37.1. The maximum Gasteiger partial charge on any atom is 0.267 e. The number of amides is 1. The average Bonchev–Trinajstić information content (AvgIpc) is 3.16. The van der Waals surface area contributed by atoms with Gasteiger partial charge in [0.1, 0.15) is 0 Å². The summed E-state index contributed by atoms with van der Waals surface area (Å²) in [5, 5.41) is 13.3. The molecule has 0 rings (SSSR count). The molecule has 1 amide bonds. The van der Waals surface area contributed by atoms with Crippen LogP contribution in [0.4, 0.5) is 0 Å². The Bertz CT molecular complexity index is 1150. The Morgan fingerprint density at radius 1 is 0.500 bits per heavy atom. The van der Waals surface area contributed by atoms with Crippen LogP contribution in [-0.2, 0) is 14.9 Å². The van der Waals surface area contributed by atoms with Gasteiger partial charge < -0.3 is 10.4 Å². The third-order valence-electron chi connectivity index (χ3n) is 10.1. The highest BCUT2D eigenvalue weighted by atomic mass is 32.2. The van der Waals surface area contributed by atoms with E-state index in [1.54, 1.807) is 0 Å². The second-order valence-electron chi connectivity index (χ2n) is 15.6. The Hall–Kier alpha value is -2.22. The molecule has 0 aromatic rings. The molecule has 0 bridgehead atoms. The molecule has 0 radical (unpaired) electrons. The van der Waals surface area contributed by atoms with Crippen molar-refractivity contribution in [2.45, 2.75) is 225 Å². The van der Waals surface area contributed by atoms with Crippen LogP contribution in [0.1, 0.15) is 213 Å². The van der Waals surface area contributed by atoms with Gasteiger partial charge in [0.05, 0.1) is 17.9 Å². The van der Waals surface area contributed by atoms with E-state index in [0.29, 0.717) is 12.8 Å². The molecule has 56 heavy (non-hydrogen) atoms. The third kappa shape index (κ3) is 42.9. The van der Waals surface area contributed by atoms with E-state index in [1.165, 1.54) is 122 Å². The number of carbonyl (C=O) groups excluding carboxylic acids is 1. The van der Waals surface area contributed by atoms with Crippen LogP contribution >= 0.6 is 0 Å². The lowest BCUT2D eigenvalue weighted by molar-refractivity contribution is -0.122. The molecule has 324 valence electrons. The fourth-order valence-corrected chi connectivity index (χ4v) is 7.43. The summed E-state index contributed by atoms with van der Waals surface area (Å²) in [6.45, 7) is 4.42. The van der Waals surface area contributed by atoms with Gasteiger partial charge in [0, 0.05) is 6.42 Å². The summed E-state index contributed by atoms with van der Waals surface area (Å²) in [7, 11) is -4.36. The topological polar surface area (TPSA) is 104 Å². The monoisotopic (exact) mass is 802 g/mol. The molecule has 0 aliphatic rings. The molecule has 2 unspecified atom stereocenters. The van der Waals surface area contributed by atoms with E-state index >= 15 is 0 Å². The first-order chi connectivity index (χ1) is 27.3. The number of carbonyl (C=O) groups is 1. The minimum atomic E-state index is -4.36. The van der Waals surface area contributed by atoms with Gasteiger partial charge in [-0.05, 0) is 70.6 Å². The second kappa shape index (κ2) is 42.4. The smallest absolute Gasteiger partial charge is 0.267 e. The van der Waals surface area contributed by atoms with Crippen molar-refractivity contribution < 1.29 is 22.9 Å². The number of hydrogen-bond donors (Lipinski definition) is 3. The predicted octanol–water partition coefficient (Wildman–Crippen LogP) is 14.2. The van der Waals surface area contributed by atoms with Gasteiger partial charge in [-0.15, -0.1) is 0 Å². The van der Waals surface area contributed by atoms with Crippen LogP contribution in [0.2, 0.25) is 0 Å². The highest BCUT2D eigenvalue weighted by Gasteiger charge is 2.24. The highest BCUT2D eigenvalue weighted by Crippen LogP contribution is 2.14. The Labute approximate surface area is 346 Å². The number of aliphatic hydroxyl groups excluding tert-OH is 1. The van der Waals surface area contributed by atoms with Crippen LogP contribution in [0, 0.1) is 0 Å². The third-order valence-corrected chi connectivity index (χ3v) is 10.9. The first-order valence-corrected chi connectivity index (χ1v) is 24.7. The van der Waals surface area contributed by atoms with E-state index in [2.05, 4.69) is 79.9 Å². The predicted molar refractivity (Wildman–Crippen MR) is 244 cm³/mol.